The summed E-state index contributed by atoms with van der Waals surface area (Å²) >= 11 is 1.55. The van der Waals surface area contributed by atoms with E-state index in [0.717, 1.165) is 37.9 Å². The van der Waals surface area contributed by atoms with Crippen molar-refractivity contribution in [1.29, 1.82) is 0 Å². The molecule has 3 rings (SSSR count). The maximum absolute atomic E-state index is 11.9. The number of hydrogen-bond donors (Lipinski definition) is 1. The van der Waals surface area contributed by atoms with Gasteiger partial charge in [-0.25, -0.2) is 0 Å². The number of likely N-dealkylation sites (N-methyl/N-ethyl adjacent to an activating group) is 1. The summed E-state index contributed by atoms with van der Waals surface area (Å²) in [7, 11) is 2.15. The van der Waals surface area contributed by atoms with Crippen LogP contribution in [-0.4, -0.2) is 49.2 Å². The third-order valence-electron chi connectivity index (χ3n) is 4.36. The van der Waals surface area contributed by atoms with Crippen LogP contribution in [0.3, 0.4) is 0 Å². The number of thiophene rings is 1. The number of amides is 1. The van der Waals surface area contributed by atoms with E-state index in [0.29, 0.717) is 6.54 Å². The Hall–Kier alpha value is -0.910. The minimum atomic E-state index is 0.0120. The highest BCUT2D eigenvalue weighted by atomic mass is 32.1. The summed E-state index contributed by atoms with van der Waals surface area (Å²) in [4.78, 5) is 14.3. The van der Waals surface area contributed by atoms with Crippen LogP contribution in [0, 0.1) is 0 Å². The molecule has 2 atom stereocenters. The van der Waals surface area contributed by atoms with Gasteiger partial charge in [0.05, 0.1) is 11.7 Å². The molecule has 0 radical (unpaired) electrons. The van der Waals surface area contributed by atoms with E-state index < -0.39 is 0 Å². The number of hydrogen-bond acceptors (Lipinski definition) is 4. The monoisotopic (exact) mass is 294 g/mol. The first-order valence-corrected chi connectivity index (χ1v) is 8.28. The van der Waals surface area contributed by atoms with Gasteiger partial charge >= 0.3 is 0 Å². The zero-order chi connectivity index (χ0) is 14.0. The van der Waals surface area contributed by atoms with Crippen LogP contribution in [0.4, 0.5) is 0 Å². The van der Waals surface area contributed by atoms with Gasteiger partial charge in [-0.3, -0.25) is 4.79 Å². The largest absolute Gasteiger partial charge is 0.369 e. The zero-order valence-electron chi connectivity index (χ0n) is 11.9. The van der Waals surface area contributed by atoms with Crippen LogP contribution in [0.5, 0.6) is 0 Å². The van der Waals surface area contributed by atoms with Crippen LogP contribution < -0.4 is 5.32 Å². The Morgan fingerprint density at radius 3 is 3.20 bits per heavy atom. The first-order chi connectivity index (χ1) is 9.67. The molecule has 2 aliphatic heterocycles. The van der Waals surface area contributed by atoms with Gasteiger partial charge in [0, 0.05) is 30.6 Å². The van der Waals surface area contributed by atoms with Crippen LogP contribution in [0.2, 0.25) is 0 Å². The standard InChI is InChI=1S/C15H22N2O2S/c1-17-7-6-15(11-17)5-2-3-13(19-15)9-16-14(18)12-4-8-20-10-12/h4,8,10,13H,2-3,5-7,9,11H2,1H3,(H,16,18)/t13-,15-/m1/s1. The van der Waals surface area contributed by atoms with Gasteiger partial charge in [0.1, 0.15) is 0 Å². The SMILES string of the molecule is CN1CC[C@]2(CCC[C@H](CNC(=O)c3ccsc3)O2)C1. The summed E-state index contributed by atoms with van der Waals surface area (Å²) in [6, 6.07) is 1.86. The molecule has 1 N–H and O–H groups in total. The normalized spacial score (nSPS) is 30.8. The fourth-order valence-corrected chi connectivity index (χ4v) is 3.95. The topological polar surface area (TPSA) is 41.6 Å². The molecule has 0 saturated carbocycles. The second-order valence-corrected chi connectivity index (χ2v) is 6.80. The van der Waals surface area contributed by atoms with Crippen LogP contribution >= 0.6 is 11.3 Å². The maximum atomic E-state index is 11.9. The predicted molar refractivity (Wildman–Crippen MR) is 80.2 cm³/mol. The smallest absolute Gasteiger partial charge is 0.252 e. The first kappa shape index (κ1) is 14.0. The number of carbonyl (C=O) groups excluding carboxylic acids is 1. The minimum absolute atomic E-state index is 0.0120. The van der Waals surface area contributed by atoms with Crippen molar-refractivity contribution in [3.05, 3.63) is 22.4 Å². The van der Waals surface area contributed by atoms with Crippen LogP contribution in [0.25, 0.3) is 0 Å². The quantitative estimate of drug-likeness (QED) is 0.928. The molecule has 2 saturated heterocycles. The lowest BCUT2D eigenvalue weighted by molar-refractivity contribution is -0.117. The molecule has 110 valence electrons. The predicted octanol–water partition coefficient (Wildman–Crippen LogP) is 2.12. The molecule has 1 spiro atoms. The molecule has 0 bridgehead atoms. The molecule has 2 aliphatic rings. The Morgan fingerprint density at radius 1 is 1.60 bits per heavy atom. The molecule has 1 aromatic rings. The third-order valence-corrected chi connectivity index (χ3v) is 5.04. The van der Waals surface area contributed by atoms with E-state index in [9.17, 15) is 4.79 Å². The molecule has 0 unspecified atom stereocenters. The Kier molecular flexibility index (Phi) is 4.10. The van der Waals surface area contributed by atoms with Gasteiger partial charge in [-0.1, -0.05) is 0 Å². The zero-order valence-corrected chi connectivity index (χ0v) is 12.7. The molecule has 2 fully saturated rings. The first-order valence-electron chi connectivity index (χ1n) is 7.34. The highest BCUT2D eigenvalue weighted by Gasteiger charge is 2.41. The van der Waals surface area contributed by atoms with Crippen molar-refractivity contribution in [2.24, 2.45) is 0 Å². The van der Waals surface area contributed by atoms with E-state index in [4.69, 9.17) is 4.74 Å². The Balaban J connectivity index is 1.52. The highest BCUT2D eigenvalue weighted by molar-refractivity contribution is 7.08. The Labute approximate surface area is 124 Å². The van der Waals surface area contributed by atoms with Crippen molar-refractivity contribution < 1.29 is 9.53 Å². The summed E-state index contributed by atoms with van der Waals surface area (Å²) in [5.74, 6) is 0.0120. The van der Waals surface area contributed by atoms with Gasteiger partial charge < -0.3 is 15.0 Å². The second kappa shape index (κ2) is 5.84. The third kappa shape index (κ3) is 3.05. The second-order valence-electron chi connectivity index (χ2n) is 6.02. The van der Waals surface area contributed by atoms with Crippen molar-refractivity contribution >= 4 is 17.2 Å². The Morgan fingerprint density at radius 2 is 2.50 bits per heavy atom. The summed E-state index contributed by atoms with van der Waals surface area (Å²) in [5, 5.41) is 6.81. The summed E-state index contributed by atoms with van der Waals surface area (Å²) in [6.45, 7) is 2.77. The van der Waals surface area contributed by atoms with E-state index in [2.05, 4.69) is 17.3 Å². The van der Waals surface area contributed by atoms with Crippen molar-refractivity contribution in [3.63, 3.8) is 0 Å². The Bertz CT molecular complexity index is 458. The number of carbonyl (C=O) groups is 1. The molecule has 1 aromatic heterocycles. The lowest BCUT2D eigenvalue weighted by atomic mass is 9.90. The molecule has 0 aromatic carbocycles. The van der Waals surface area contributed by atoms with Crippen molar-refractivity contribution in [2.45, 2.75) is 37.4 Å². The lowest BCUT2D eigenvalue weighted by Crippen LogP contribution is -2.46. The molecule has 5 heteroatoms. The van der Waals surface area contributed by atoms with Gasteiger partial charge in [-0.2, -0.15) is 11.3 Å². The van der Waals surface area contributed by atoms with Gasteiger partial charge in [0.25, 0.3) is 5.91 Å². The summed E-state index contributed by atoms with van der Waals surface area (Å²) < 4.78 is 6.32. The minimum Gasteiger partial charge on any atom is -0.369 e. The number of likely N-dealkylation sites (tertiary alicyclic amines) is 1. The van der Waals surface area contributed by atoms with Gasteiger partial charge in [0.15, 0.2) is 0 Å². The van der Waals surface area contributed by atoms with E-state index >= 15 is 0 Å². The molecule has 1 amide bonds. The fraction of sp³-hybridized carbons (Fsp3) is 0.667. The van der Waals surface area contributed by atoms with Crippen LogP contribution in [0.15, 0.2) is 16.8 Å². The summed E-state index contributed by atoms with van der Waals surface area (Å²) in [5.41, 5.74) is 0.797. The number of ether oxygens (including phenoxy) is 1. The van der Waals surface area contributed by atoms with E-state index in [1.807, 2.05) is 16.8 Å². The van der Waals surface area contributed by atoms with Gasteiger partial charge in [-0.05, 0) is 44.2 Å². The van der Waals surface area contributed by atoms with Crippen molar-refractivity contribution in [2.75, 3.05) is 26.7 Å². The van der Waals surface area contributed by atoms with E-state index in [1.165, 1.54) is 6.42 Å². The molecular formula is C15H22N2O2S. The number of nitrogens with zero attached hydrogens (tertiary/aromatic N) is 1. The molecule has 20 heavy (non-hydrogen) atoms. The van der Waals surface area contributed by atoms with Crippen LogP contribution in [-0.2, 0) is 4.74 Å². The van der Waals surface area contributed by atoms with E-state index in [1.54, 1.807) is 11.3 Å². The van der Waals surface area contributed by atoms with Gasteiger partial charge in [0.2, 0.25) is 0 Å². The molecular weight excluding hydrogens is 272 g/mol. The van der Waals surface area contributed by atoms with Crippen LogP contribution in [0.1, 0.15) is 36.0 Å². The number of nitrogens with one attached hydrogen (secondary N) is 1. The lowest BCUT2D eigenvalue weighted by Gasteiger charge is -2.38. The van der Waals surface area contributed by atoms with Gasteiger partial charge in [-0.15, -0.1) is 0 Å². The molecule has 0 aliphatic carbocycles. The fourth-order valence-electron chi connectivity index (χ4n) is 3.31. The average molecular weight is 294 g/mol. The number of rotatable bonds is 3. The van der Waals surface area contributed by atoms with Crippen molar-refractivity contribution in [3.8, 4) is 0 Å². The average Bonchev–Trinajstić information content (AvgIpc) is 3.07. The molecule has 3 heterocycles. The van der Waals surface area contributed by atoms with Crippen molar-refractivity contribution in [1.82, 2.24) is 10.2 Å². The van der Waals surface area contributed by atoms with E-state index in [-0.39, 0.29) is 17.6 Å². The summed E-state index contributed by atoms with van der Waals surface area (Å²) in [6.07, 6.45) is 4.70. The highest BCUT2D eigenvalue weighted by Crippen LogP contribution is 2.35. The molecule has 4 nitrogen and oxygen atoms in total. The maximum Gasteiger partial charge on any atom is 0.252 e.